The summed E-state index contributed by atoms with van der Waals surface area (Å²) in [4.78, 5) is 0. The molecule has 4 rings (SSSR count). The van der Waals surface area contributed by atoms with Gasteiger partial charge in [-0.1, -0.05) is 36.4 Å². The lowest BCUT2D eigenvalue weighted by Crippen LogP contribution is -2.53. The van der Waals surface area contributed by atoms with Crippen LogP contribution in [0.4, 0.5) is 10.1 Å². The average Bonchev–Trinajstić information content (AvgIpc) is 3.21. The van der Waals surface area contributed by atoms with E-state index in [9.17, 15) is 4.39 Å². The van der Waals surface area contributed by atoms with Crippen LogP contribution < -0.4 is 15.8 Å². The number of nitrogens with one attached hydrogen (secondary N) is 2. The van der Waals surface area contributed by atoms with Crippen LogP contribution >= 0.6 is 9.24 Å². The fraction of sp³-hybridized carbons (Fsp3) is 0.429. The Morgan fingerprint density at radius 3 is 2.85 bits per heavy atom. The molecule has 5 heteroatoms. The Kier molecular flexibility index (Phi) is 5.00. The maximum absolute atomic E-state index is 14.6. The third-order valence-electron chi connectivity index (χ3n) is 5.39. The van der Waals surface area contributed by atoms with Crippen LogP contribution in [0.5, 0.6) is 0 Å². The molecular formula is C21H27FN3P. The minimum Gasteiger partial charge on any atom is -0.301 e. The number of hydrogen-bond donors (Lipinski definition) is 2. The van der Waals surface area contributed by atoms with Gasteiger partial charge in [-0.05, 0) is 62.4 Å². The van der Waals surface area contributed by atoms with Crippen molar-refractivity contribution in [1.82, 2.24) is 10.7 Å². The predicted molar refractivity (Wildman–Crippen MR) is 109 cm³/mol. The Morgan fingerprint density at radius 1 is 1.27 bits per heavy atom. The molecule has 3 aliphatic rings. The summed E-state index contributed by atoms with van der Waals surface area (Å²) in [6.07, 6.45) is 13.2. The van der Waals surface area contributed by atoms with Gasteiger partial charge in [0.25, 0.3) is 0 Å². The van der Waals surface area contributed by atoms with E-state index in [1.165, 1.54) is 11.1 Å². The monoisotopic (exact) mass is 371 g/mol. The molecule has 1 saturated carbocycles. The molecule has 2 fully saturated rings. The molecule has 0 spiro atoms. The van der Waals surface area contributed by atoms with Gasteiger partial charge in [-0.3, -0.25) is 0 Å². The number of hydrogen-bond acceptors (Lipinski definition) is 3. The zero-order valence-corrected chi connectivity index (χ0v) is 16.4. The first kappa shape index (κ1) is 17.9. The summed E-state index contributed by atoms with van der Waals surface area (Å²) < 4.78 is 14.6. The second-order valence-electron chi connectivity index (χ2n) is 7.75. The van der Waals surface area contributed by atoms with E-state index in [1.54, 1.807) is 12.1 Å². The van der Waals surface area contributed by atoms with Crippen molar-refractivity contribution in [3.05, 3.63) is 65.5 Å². The van der Waals surface area contributed by atoms with Gasteiger partial charge in [0, 0.05) is 5.16 Å². The number of anilines is 1. The number of benzene rings is 1. The minimum atomic E-state index is -0.177. The summed E-state index contributed by atoms with van der Waals surface area (Å²) >= 11 is 0. The van der Waals surface area contributed by atoms with E-state index in [0.717, 1.165) is 32.2 Å². The molecule has 138 valence electrons. The Bertz CT molecular complexity index is 762. The molecular weight excluding hydrogens is 344 g/mol. The first-order valence-corrected chi connectivity index (χ1v) is 10.0. The molecule has 4 atom stereocenters. The van der Waals surface area contributed by atoms with E-state index < -0.39 is 0 Å². The fourth-order valence-corrected chi connectivity index (χ4v) is 4.44. The SMILES string of the molecule is CC1(P)C=CC=C2CC(N(NC3CCCN3)c3ccccc3F)CC2=C1. The van der Waals surface area contributed by atoms with Crippen molar-refractivity contribution in [3.63, 3.8) is 0 Å². The zero-order chi connectivity index (χ0) is 18.1. The largest absolute Gasteiger partial charge is 0.301 e. The molecule has 26 heavy (non-hydrogen) atoms. The van der Waals surface area contributed by atoms with Crippen molar-refractivity contribution in [1.29, 1.82) is 0 Å². The molecule has 1 aliphatic heterocycles. The van der Waals surface area contributed by atoms with E-state index in [2.05, 4.69) is 56.2 Å². The van der Waals surface area contributed by atoms with Gasteiger partial charge in [0.15, 0.2) is 0 Å². The van der Waals surface area contributed by atoms with Gasteiger partial charge >= 0.3 is 0 Å². The lowest BCUT2D eigenvalue weighted by molar-refractivity contribution is 0.417. The molecule has 0 aromatic heterocycles. The maximum Gasteiger partial charge on any atom is 0.147 e. The number of halogens is 1. The van der Waals surface area contributed by atoms with Gasteiger partial charge in [0.1, 0.15) is 5.82 Å². The van der Waals surface area contributed by atoms with Crippen LogP contribution in [0.2, 0.25) is 0 Å². The highest BCUT2D eigenvalue weighted by Crippen LogP contribution is 2.40. The summed E-state index contributed by atoms with van der Waals surface area (Å²) in [6, 6.07) is 7.27. The van der Waals surface area contributed by atoms with E-state index >= 15 is 0 Å². The summed E-state index contributed by atoms with van der Waals surface area (Å²) in [5, 5.41) is 5.51. The van der Waals surface area contributed by atoms with E-state index in [-0.39, 0.29) is 23.2 Å². The number of hydrazine groups is 1. The van der Waals surface area contributed by atoms with Crippen molar-refractivity contribution in [2.75, 3.05) is 11.6 Å². The third-order valence-corrected chi connectivity index (χ3v) is 5.75. The quantitative estimate of drug-likeness (QED) is 0.617. The van der Waals surface area contributed by atoms with Gasteiger partial charge in [0.05, 0.1) is 17.9 Å². The van der Waals surface area contributed by atoms with Crippen molar-refractivity contribution < 1.29 is 4.39 Å². The van der Waals surface area contributed by atoms with Crippen LogP contribution in [0.15, 0.2) is 59.7 Å². The van der Waals surface area contributed by atoms with Crippen LogP contribution in [0.25, 0.3) is 0 Å². The van der Waals surface area contributed by atoms with E-state index in [0.29, 0.717) is 5.69 Å². The number of rotatable bonds is 4. The van der Waals surface area contributed by atoms with Crippen molar-refractivity contribution in [2.24, 2.45) is 0 Å². The first-order valence-electron chi connectivity index (χ1n) is 9.44. The number of fused-ring (bicyclic) bond motifs is 1. The lowest BCUT2D eigenvalue weighted by atomic mass is 10.0. The highest BCUT2D eigenvalue weighted by Gasteiger charge is 2.33. The summed E-state index contributed by atoms with van der Waals surface area (Å²) in [7, 11) is 2.91. The molecule has 1 heterocycles. The molecule has 2 N–H and O–H groups in total. The summed E-state index contributed by atoms with van der Waals surface area (Å²) in [5.41, 5.74) is 6.93. The van der Waals surface area contributed by atoms with Gasteiger partial charge in [-0.15, -0.1) is 9.24 Å². The molecule has 0 bridgehead atoms. The third kappa shape index (κ3) is 3.78. The fourth-order valence-electron chi connectivity index (χ4n) is 4.13. The second-order valence-corrected chi connectivity index (χ2v) is 8.99. The summed E-state index contributed by atoms with van der Waals surface area (Å²) in [5.74, 6) is -0.177. The van der Waals surface area contributed by atoms with Gasteiger partial charge < -0.3 is 10.3 Å². The molecule has 3 nitrogen and oxygen atoms in total. The van der Waals surface area contributed by atoms with Crippen LogP contribution in [-0.2, 0) is 0 Å². The molecule has 1 saturated heterocycles. The highest BCUT2D eigenvalue weighted by molar-refractivity contribution is 7.19. The molecule has 1 aromatic rings. The predicted octanol–water partition coefficient (Wildman–Crippen LogP) is 4.07. The van der Waals surface area contributed by atoms with Crippen molar-refractivity contribution >= 4 is 14.9 Å². The smallest absolute Gasteiger partial charge is 0.147 e. The van der Waals surface area contributed by atoms with Crippen LogP contribution in [0.3, 0.4) is 0 Å². The Morgan fingerprint density at radius 2 is 2.08 bits per heavy atom. The Hall–Kier alpha value is -1.48. The lowest BCUT2D eigenvalue weighted by Gasteiger charge is -2.34. The minimum absolute atomic E-state index is 0.0221. The maximum atomic E-state index is 14.6. The average molecular weight is 371 g/mol. The highest BCUT2D eigenvalue weighted by atomic mass is 31.0. The number of nitrogens with zero attached hydrogens (tertiary/aromatic N) is 1. The van der Waals surface area contributed by atoms with Crippen molar-refractivity contribution in [3.8, 4) is 0 Å². The zero-order valence-electron chi connectivity index (χ0n) is 15.2. The van der Waals surface area contributed by atoms with Gasteiger partial charge in [-0.25, -0.2) is 9.82 Å². The van der Waals surface area contributed by atoms with E-state index in [4.69, 9.17) is 0 Å². The second kappa shape index (κ2) is 7.26. The normalized spacial score (nSPS) is 30.6. The molecule has 0 amide bonds. The number of para-hydroxylation sites is 1. The standard InChI is InChI=1S/C21H27FN3P/c1-21(26)10-4-6-15-12-17(13-16(15)14-21)25(24-20-9-5-11-23-20)19-8-3-2-7-18(19)22/h2-4,6-8,10,14,17,20,23-24H,5,9,11-13,26H2,1H3. The van der Waals surface area contributed by atoms with Crippen molar-refractivity contribution in [2.45, 2.75) is 50.0 Å². The van der Waals surface area contributed by atoms with Crippen LogP contribution in [0, 0.1) is 5.82 Å². The van der Waals surface area contributed by atoms with Crippen LogP contribution in [-0.4, -0.2) is 23.9 Å². The van der Waals surface area contributed by atoms with Gasteiger partial charge in [-0.2, -0.15) is 0 Å². The Labute approximate surface area is 157 Å². The number of allylic oxidation sites excluding steroid dienone is 4. The molecule has 2 aliphatic carbocycles. The van der Waals surface area contributed by atoms with Gasteiger partial charge in [0.2, 0.25) is 0 Å². The first-order chi connectivity index (χ1) is 12.5. The molecule has 1 aromatic carbocycles. The van der Waals surface area contributed by atoms with Crippen LogP contribution in [0.1, 0.15) is 32.6 Å². The Balaban J connectivity index is 1.63. The molecule has 4 unspecified atom stereocenters. The summed E-state index contributed by atoms with van der Waals surface area (Å²) in [6.45, 7) is 3.21. The topological polar surface area (TPSA) is 27.3 Å². The van der Waals surface area contributed by atoms with E-state index in [1.807, 2.05) is 12.1 Å². The molecule has 0 radical (unpaired) electrons.